The first-order valence-electron chi connectivity index (χ1n) is 4.92. The van der Waals surface area contributed by atoms with E-state index in [4.69, 9.17) is 16.7 Å². The van der Waals surface area contributed by atoms with Gasteiger partial charge < -0.3 is 15.1 Å². The first-order chi connectivity index (χ1) is 7.47. The molecule has 1 heterocycles. The van der Waals surface area contributed by atoms with Crippen LogP contribution < -0.4 is 4.90 Å². The molecule has 1 atom stereocenters. The normalized spacial score (nSPS) is 24.1. The Morgan fingerprint density at radius 3 is 2.88 bits per heavy atom. The summed E-state index contributed by atoms with van der Waals surface area (Å²) < 4.78 is 0. The van der Waals surface area contributed by atoms with Gasteiger partial charge in [-0.05, 0) is 6.07 Å². The van der Waals surface area contributed by atoms with Gasteiger partial charge in [0.25, 0.3) is 0 Å². The molecule has 0 aliphatic carbocycles. The van der Waals surface area contributed by atoms with Crippen molar-refractivity contribution in [3.05, 3.63) is 28.8 Å². The van der Waals surface area contributed by atoms with E-state index in [0.717, 1.165) is 0 Å². The minimum atomic E-state index is -1.83. The van der Waals surface area contributed by atoms with Crippen molar-refractivity contribution in [2.45, 2.75) is 12.0 Å². The van der Waals surface area contributed by atoms with Gasteiger partial charge in [0.15, 0.2) is 5.60 Å². The highest BCUT2D eigenvalue weighted by atomic mass is 35.5. The molecule has 0 aromatic heterocycles. The van der Waals surface area contributed by atoms with Crippen molar-refractivity contribution in [1.82, 2.24) is 0 Å². The zero-order chi connectivity index (χ0) is 11.9. The van der Waals surface area contributed by atoms with Gasteiger partial charge in [0.2, 0.25) is 0 Å². The summed E-state index contributed by atoms with van der Waals surface area (Å²) in [7, 11) is 1.83. The monoisotopic (exact) mass is 241 g/mol. The van der Waals surface area contributed by atoms with Crippen LogP contribution >= 0.6 is 11.6 Å². The van der Waals surface area contributed by atoms with E-state index in [0.29, 0.717) is 22.8 Å². The maximum atomic E-state index is 11.1. The largest absolute Gasteiger partial charge is 0.479 e. The highest BCUT2D eigenvalue weighted by Crippen LogP contribution is 2.41. The Balaban J connectivity index is 2.66. The highest BCUT2D eigenvalue weighted by Gasteiger charge is 2.43. The molecule has 16 heavy (non-hydrogen) atoms. The van der Waals surface area contributed by atoms with E-state index in [1.54, 1.807) is 18.2 Å². The number of carboxylic acids is 1. The zero-order valence-electron chi connectivity index (χ0n) is 8.77. The smallest absolute Gasteiger partial charge is 0.340 e. The van der Waals surface area contributed by atoms with Crippen LogP contribution in [0.4, 0.5) is 5.69 Å². The van der Waals surface area contributed by atoms with Crippen molar-refractivity contribution < 1.29 is 15.0 Å². The standard InChI is InChI=1S/C11H12ClNO3/c1-13-6-5-11(16,10(14)15)7-3-2-4-8(12)9(7)13/h2-4,16H,5-6H2,1H3,(H,14,15). The molecule has 86 valence electrons. The van der Waals surface area contributed by atoms with Crippen LogP contribution in [0.3, 0.4) is 0 Å². The molecule has 1 aliphatic rings. The molecule has 0 radical (unpaired) electrons. The van der Waals surface area contributed by atoms with E-state index < -0.39 is 11.6 Å². The van der Waals surface area contributed by atoms with Gasteiger partial charge in [-0.25, -0.2) is 4.79 Å². The van der Waals surface area contributed by atoms with Crippen molar-refractivity contribution in [1.29, 1.82) is 0 Å². The summed E-state index contributed by atoms with van der Waals surface area (Å²) in [5, 5.41) is 19.7. The highest BCUT2D eigenvalue weighted by molar-refractivity contribution is 6.33. The van der Waals surface area contributed by atoms with Gasteiger partial charge in [-0.3, -0.25) is 0 Å². The number of fused-ring (bicyclic) bond motifs is 1. The Kier molecular flexibility index (Phi) is 2.56. The summed E-state index contributed by atoms with van der Waals surface area (Å²) in [6.07, 6.45) is 0.159. The third-order valence-electron chi connectivity index (χ3n) is 2.98. The van der Waals surface area contributed by atoms with Gasteiger partial charge >= 0.3 is 5.97 Å². The predicted octanol–water partition coefficient (Wildman–Crippen LogP) is 1.45. The van der Waals surface area contributed by atoms with Crippen LogP contribution in [0, 0.1) is 0 Å². The summed E-state index contributed by atoms with van der Waals surface area (Å²) in [4.78, 5) is 13.0. The molecule has 0 spiro atoms. The quantitative estimate of drug-likeness (QED) is 0.781. The van der Waals surface area contributed by atoms with Crippen LogP contribution in [0.15, 0.2) is 18.2 Å². The molecule has 1 unspecified atom stereocenters. The second kappa shape index (κ2) is 3.64. The third-order valence-corrected chi connectivity index (χ3v) is 3.28. The number of aliphatic hydroxyl groups is 1. The van der Waals surface area contributed by atoms with Crippen molar-refractivity contribution in [2.24, 2.45) is 0 Å². The lowest BCUT2D eigenvalue weighted by molar-refractivity contribution is -0.160. The Hall–Kier alpha value is -1.26. The number of benzene rings is 1. The van der Waals surface area contributed by atoms with E-state index >= 15 is 0 Å². The van der Waals surface area contributed by atoms with Gasteiger partial charge in [-0.15, -0.1) is 0 Å². The summed E-state index contributed by atoms with van der Waals surface area (Å²) in [6, 6.07) is 4.93. The summed E-state index contributed by atoms with van der Waals surface area (Å²) >= 11 is 6.02. The number of nitrogens with zero attached hydrogens (tertiary/aromatic N) is 1. The number of para-hydroxylation sites is 1. The van der Waals surface area contributed by atoms with Crippen molar-refractivity contribution in [2.75, 3.05) is 18.5 Å². The lowest BCUT2D eigenvalue weighted by atomic mass is 9.85. The van der Waals surface area contributed by atoms with Gasteiger partial charge in [-0.1, -0.05) is 23.7 Å². The number of halogens is 1. The third kappa shape index (κ3) is 1.45. The van der Waals surface area contributed by atoms with Crippen LogP contribution in [0.1, 0.15) is 12.0 Å². The van der Waals surface area contributed by atoms with E-state index in [-0.39, 0.29) is 6.42 Å². The summed E-state index contributed by atoms with van der Waals surface area (Å²) in [6.45, 7) is 0.458. The van der Waals surface area contributed by atoms with Crippen molar-refractivity contribution in [3.63, 3.8) is 0 Å². The molecule has 2 N–H and O–H groups in total. The maximum Gasteiger partial charge on any atom is 0.340 e. The van der Waals surface area contributed by atoms with E-state index in [1.807, 2.05) is 11.9 Å². The van der Waals surface area contributed by atoms with Crippen molar-refractivity contribution >= 4 is 23.3 Å². The minimum Gasteiger partial charge on any atom is -0.479 e. The predicted molar refractivity (Wildman–Crippen MR) is 60.9 cm³/mol. The van der Waals surface area contributed by atoms with Crippen LogP contribution in [0.2, 0.25) is 5.02 Å². The molecule has 1 aromatic rings. The molecule has 0 saturated heterocycles. The molecular formula is C11H12ClNO3. The number of anilines is 1. The Labute approximate surface area is 98.1 Å². The molecule has 0 fully saturated rings. The second-order valence-electron chi connectivity index (χ2n) is 3.97. The molecule has 4 nitrogen and oxygen atoms in total. The number of carbonyl (C=O) groups is 1. The second-order valence-corrected chi connectivity index (χ2v) is 4.38. The Morgan fingerprint density at radius 2 is 2.25 bits per heavy atom. The van der Waals surface area contributed by atoms with Crippen LogP contribution in [0.5, 0.6) is 0 Å². The fraction of sp³-hybridized carbons (Fsp3) is 0.364. The molecule has 0 amide bonds. The maximum absolute atomic E-state index is 11.1. The summed E-state index contributed by atoms with van der Waals surface area (Å²) in [5.41, 5.74) is -0.867. The number of aliphatic carboxylic acids is 1. The lowest BCUT2D eigenvalue weighted by Crippen LogP contribution is -2.44. The number of hydrogen-bond acceptors (Lipinski definition) is 3. The van der Waals surface area contributed by atoms with Gasteiger partial charge in [0.05, 0.1) is 10.7 Å². The number of carboxylic acid groups (broad SMARTS) is 1. The fourth-order valence-corrected chi connectivity index (χ4v) is 2.35. The average Bonchev–Trinajstić information content (AvgIpc) is 2.23. The molecule has 2 rings (SSSR count). The molecule has 0 bridgehead atoms. The van der Waals surface area contributed by atoms with E-state index in [2.05, 4.69) is 0 Å². The van der Waals surface area contributed by atoms with Gasteiger partial charge in [0.1, 0.15) is 0 Å². The van der Waals surface area contributed by atoms with E-state index in [1.165, 1.54) is 0 Å². The topological polar surface area (TPSA) is 60.8 Å². The molecule has 1 aliphatic heterocycles. The molecule has 1 aromatic carbocycles. The fourth-order valence-electron chi connectivity index (χ4n) is 2.04. The minimum absolute atomic E-state index is 0.159. The van der Waals surface area contributed by atoms with Crippen LogP contribution in [-0.2, 0) is 10.4 Å². The zero-order valence-corrected chi connectivity index (χ0v) is 9.53. The lowest BCUT2D eigenvalue weighted by Gasteiger charge is -2.37. The Morgan fingerprint density at radius 1 is 1.56 bits per heavy atom. The van der Waals surface area contributed by atoms with Crippen LogP contribution in [0.25, 0.3) is 0 Å². The molecular weight excluding hydrogens is 230 g/mol. The molecule has 5 heteroatoms. The summed E-state index contributed by atoms with van der Waals surface area (Å²) in [5.74, 6) is -1.23. The number of hydrogen-bond donors (Lipinski definition) is 2. The van der Waals surface area contributed by atoms with Crippen molar-refractivity contribution in [3.8, 4) is 0 Å². The average molecular weight is 242 g/mol. The van der Waals surface area contributed by atoms with Gasteiger partial charge in [0, 0.05) is 25.6 Å². The van der Waals surface area contributed by atoms with Gasteiger partial charge in [-0.2, -0.15) is 0 Å². The number of rotatable bonds is 1. The first-order valence-corrected chi connectivity index (χ1v) is 5.30. The Bertz CT molecular complexity index is 449. The molecule has 0 saturated carbocycles. The SMILES string of the molecule is CN1CCC(O)(C(=O)O)c2cccc(Cl)c21. The first kappa shape index (κ1) is 11.2. The van der Waals surface area contributed by atoms with Crippen LogP contribution in [-0.4, -0.2) is 29.8 Å². The van der Waals surface area contributed by atoms with E-state index in [9.17, 15) is 9.90 Å².